The summed E-state index contributed by atoms with van der Waals surface area (Å²) in [7, 11) is 0. The van der Waals surface area contributed by atoms with Crippen LogP contribution in [0.4, 0.5) is 0 Å². The second-order valence-electron chi connectivity index (χ2n) is 4.13. The molecule has 1 saturated carbocycles. The number of hydrogen-bond acceptors (Lipinski definition) is 3. The molecule has 0 amide bonds. The molecule has 2 aliphatic rings. The monoisotopic (exact) mass is 306 g/mol. The molecule has 3 rings (SSSR count). The van der Waals surface area contributed by atoms with E-state index in [1.54, 1.807) is 6.07 Å². The van der Waals surface area contributed by atoms with Crippen molar-refractivity contribution in [2.45, 2.75) is 6.42 Å². The molecule has 2 atom stereocenters. The van der Waals surface area contributed by atoms with E-state index >= 15 is 0 Å². The third-order valence-corrected chi connectivity index (χ3v) is 5.71. The zero-order valence-corrected chi connectivity index (χ0v) is 10.9. The van der Waals surface area contributed by atoms with Crippen LogP contribution in [0.1, 0.15) is 16.1 Å². The quantitative estimate of drug-likeness (QED) is 0.783. The smallest absolute Gasteiger partial charge is 0.181 e. The summed E-state index contributed by atoms with van der Waals surface area (Å²) in [6, 6.07) is 1.75. The van der Waals surface area contributed by atoms with E-state index in [0.717, 1.165) is 21.7 Å². The van der Waals surface area contributed by atoms with Crippen molar-refractivity contribution in [1.82, 2.24) is 0 Å². The van der Waals surface area contributed by atoms with Gasteiger partial charge in [0.1, 0.15) is 0 Å². The summed E-state index contributed by atoms with van der Waals surface area (Å²) in [6.45, 7) is 1.33. The van der Waals surface area contributed by atoms with E-state index in [2.05, 4.69) is 15.9 Å². The summed E-state index contributed by atoms with van der Waals surface area (Å²) in [5.74, 6) is 0.659. The van der Waals surface area contributed by atoms with Gasteiger partial charge in [0.15, 0.2) is 5.78 Å². The third kappa shape index (κ3) is 1.42. The van der Waals surface area contributed by atoms with Crippen LogP contribution in [0.2, 0.25) is 5.02 Å². The fraction of sp³-hybridized carbons (Fsp3) is 0.500. The summed E-state index contributed by atoms with van der Waals surface area (Å²) >= 11 is 10.7. The third-order valence-electron chi connectivity index (χ3n) is 3.23. The van der Waals surface area contributed by atoms with E-state index in [0.29, 0.717) is 17.5 Å². The minimum Gasteiger partial charge on any atom is -0.380 e. The number of hydrogen-bond donors (Lipinski definition) is 0. The lowest BCUT2D eigenvalue weighted by Gasteiger charge is -2.06. The molecule has 0 radical (unpaired) electrons. The second kappa shape index (κ2) is 3.29. The topological polar surface area (TPSA) is 26.3 Å². The van der Waals surface area contributed by atoms with E-state index < -0.39 is 0 Å². The number of fused-ring (bicyclic) bond motifs is 1. The molecule has 2 unspecified atom stereocenters. The van der Waals surface area contributed by atoms with Crippen molar-refractivity contribution < 1.29 is 9.53 Å². The van der Waals surface area contributed by atoms with E-state index in [1.165, 1.54) is 11.3 Å². The van der Waals surface area contributed by atoms with Gasteiger partial charge in [-0.25, -0.2) is 0 Å². The highest BCUT2D eigenvalue weighted by molar-refractivity contribution is 9.11. The van der Waals surface area contributed by atoms with Crippen molar-refractivity contribution in [3.63, 3.8) is 0 Å². The molecule has 2 heterocycles. The van der Waals surface area contributed by atoms with Crippen LogP contribution in [-0.4, -0.2) is 19.0 Å². The number of Topliss-reactive ketones (excluding diaryl/α,β-unsaturated/α-hetero) is 1. The summed E-state index contributed by atoms with van der Waals surface area (Å²) in [6.07, 6.45) is 0.985. The molecule has 1 aliphatic heterocycles. The van der Waals surface area contributed by atoms with Crippen LogP contribution in [0.25, 0.3) is 0 Å². The minimum absolute atomic E-state index is 0.201. The van der Waals surface area contributed by atoms with Crippen LogP contribution in [0.5, 0.6) is 0 Å². The lowest BCUT2D eigenvalue weighted by atomic mass is 9.99. The lowest BCUT2D eigenvalue weighted by molar-refractivity contribution is 0.0833. The maximum Gasteiger partial charge on any atom is 0.181 e. The van der Waals surface area contributed by atoms with Crippen LogP contribution in [0.3, 0.4) is 0 Å². The Balaban J connectivity index is 1.92. The Hall–Kier alpha value is 0.1000. The first-order chi connectivity index (χ1) is 7.13. The first-order valence-corrected chi connectivity index (χ1v) is 6.69. The Labute approximate surface area is 105 Å². The lowest BCUT2D eigenvalue weighted by Crippen LogP contribution is -2.18. The Morgan fingerprint density at radius 3 is 3.00 bits per heavy atom. The van der Waals surface area contributed by atoms with Crippen LogP contribution in [-0.2, 0) is 4.74 Å². The fourth-order valence-electron chi connectivity index (χ4n) is 2.21. The summed E-state index contributed by atoms with van der Waals surface area (Å²) in [4.78, 5) is 13.0. The molecule has 2 nitrogen and oxygen atoms in total. The Morgan fingerprint density at radius 1 is 1.73 bits per heavy atom. The van der Waals surface area contributed by atoms with Crippen LogP contribution >= 0.6 is 38.9 Å². The van der Waals surface area contributed by atoms with Gasteiger partial charge in [-0.3, -0.25) is 4.79 Å². The van der Waals surface area contributed by atoms with Crippen LogP contribution in [0, 0.1) is 11.3 Å². The van der Waals surface area contributed by atoms with Crippen molar-refractivity contribution in [2.75, 3.05) is 13.2 Å². The average Bonchev–Trinajstić information content (AvgIpc) is 2.60. The number of thiophene rings is 1. The molecule has 2 fully saturated rings. The first kappa shape index (κ1) is 10.3. The van der Waals surface area contributed by atoms with Gasteiger partial charge < -0.3 is 4.74 Å². The molecule has 0 spiro atoms. The molecule has 80 valence electrons. The predicted molar refractivity (Wildman–Crippen MR) is 62.7 cm³/mol. The molecule has 1 aromatic heterocycles. The van der Waals surface area contributed by atoms with Crippen molar-refractivity contribution in [2.24, 2.45) is 11.3 Å². The van der Waals surface area contributed by atoms with Gasteiger partial charge in [-0.05, 0) is 34.3 Å². The van der Waals surface area contributed by atoms with Gasteiger partial charge >= 0.3 is 0 Å². The number of carbonyl (C=O) groups is 1. The summed E-state index contributed by atoms with van der Waals surface area (Å²) in [5.41, 5.74) is -0.201. The molecular formula is C10H8BrClO2S. The first-order valence-electron chi connectivity index (χ1n) is 4.71. The van der Waals surface area contributed by atoms with Gasteiger partial charge in [0, 0.05) is 0 Å². The largest absolute Gasteiger partial charge is 0.380 e. The highest BCUT2D eigenvalue weighted by Crippen LogP contribution is 2.59. The summed E-state index contributed by atoms with van der Waals surface area (Å²) in [5, 5.41) is 0.621. The van der Waals surface area contributed by atoms with E-state index in [9.17, 15) is 4.79 Å². The molecule has 0 bridgehead atoms. The van der Waals surface area contributed by atoms with Gasteiger partial charge in [-0.15, -0.1) is 11.3 Å². The maximum atomic E-state index is 12.2. The average molecular weight is 308 g/mol. The predicted octanol–water partition coefficient (Wildman–Crippen LogP) is 3.38. The van der Waals surface area contributed by atoms with Gasteiger partial charge in [-0.1, -0.05) is 11.6 Å². The summed E-state index contributed by atoms with van der Waals surface area (Å²) < 4.78 is 6.16. The van der Waals surface area contributed by atoms with Crippen molar-refractivity contribution in [3.8, 4) is 0 Å². The number of rotatable bonds is 2. The van der Waals surface area contributed by atoms with Gasteiger partial charge in [0.25, 0.3) is 0 Å². The maximum absolute atomic E-state index is 12.2. The SMILES string of the molecule is O=C(c1cc(Cl)c(Br)s1)C12COCC1C2. The Bertz CT molecular complexity index is 425. The zero-order chi connectivity index (χ0) is 10.6. The fourth-order valence-corrected chi connectivity index (χ4v) is 3.96. The number of halogens is 2. The molecule has 5 heteroatoms. The second-order valence-corrected chi connectivity index (χ2v) is 6.91. The Morgan fingerprint density at radius 2 is 2.53 bits per heavy atom. The molecule has 0 aromatic carbocycles. The van der Waals surface area contributed by atoms with E-state index in [1.807, 2.05) is 0 Å². The van der Waals surface area contributed by atoms with E-state index in [-0.39, 0.29) is 11.2 Å². The molecule has 1 saturated heterocycles. The van der Waals surface area contributed by atoms with Crippen LogP contribution < -0.4 is 0 Å². The van der Waals surface area contributed by atoms with Crippen molar-refractivity contribution in [3.05, 3.63) is 19.8 Å². The van der Waals surface area contributed by atoms with E-state index in [4.69, 9.17) is 16.3 Å². The van der Waals surface area contributed by atoms with Gasteiger partial charge in [0.2, 0.25) is 0 Å². The minimum atomic E-state index is -0.201. The number of ketones is 1. The molecular weight excluding hydrogens is 300 g/mol. The molecule has 0 N–H and O–H groups in total. The van der Waals surface area contributed by atoms with Crippen molar-refractivity contribution in [1.29, 1.82) is 0 Å². The highest BCUT2D eigenvalue weighted by Gasteiger charge is 2.63. The van der Waals surface area contributed by atoms with Gasteiger partial charge in [-0.2, -0.15) is 0 Å². The van der Waals surface area contributed by atoms with Gasteiger partial charge in [0.05, 0.1) is 32.3 Å². The van der Waals surface area contributed by atoms with Crippen LogP contribution in [0.15, 0.2) is 9.85 Å². The molecule has 1 aliphatic carbocycles. The van der Waals surface area contributed by atoms with Crippen molar-refractivity contribution >= 4 is 44.7 Å². The molecule has 1 aromatic rings. The number of carbonyl (C=O) groups excluding carboxylic acids is 1. The Kier molecular flexibility index (Phi) is 2.26. The normalized spacial score (nSPS) is 32.8. The highest BCUT2D eigenvalue weighted by atomic mass is 79.9. The number of ether oxygens (including phenoxy) is 1. The zero-order valence-electron chi connectivity index (χ0n) is 7.76. The molecule has 15 heavy (non-hydrogen) atoms. The standard InChI is InChI=1S/C10H8BrClO2S/c11-9-6(12)1-7(15-9)8(13)10-2-5(10)3-14-4-10/h1,5H,2-4H2.